The van der Waals surface area contributed by atoms with E-state index in [1.165, 1.54) is 16.7 Å². The third-order valence-electron chi connectivity index (χ3n) is 8.56. The average molecular weight is 649 g/mol. The summed E-state index contributed by atoms with van der Waals surface area (Å²) < 4.78 is 36.2. The topological polar surface area (TPSA) is 83.8 Å². The Morgan fingerprint density at radius 1 is 0.804 bits per heavy atom. The summed E-state index contributed by atoms with van der Waals surface area (Å²) >= 11 is 0. The van der Waals surface area contributed by atoms with Gasteiger partial charge < -0.3 is 5.11 Å². The largest absolute Gasteiger partial charge is 0.397 e. The lowest BCUT2D eigenvalue weighted by atomic mass is 9.67. The summed E-state index contributed by atoms with van der Waals surface area (Å²) in [6, 6.07) is 0. The predicted molar refractivity (Wildman–Crippen MR) is 195 cm³/mol. The maximum absolute atomic E-state index is 11.1. The Morgan fingerprint density at radius 2 is 1.30 bits per heavy atom. The molecule has 2 N–H and O–H groups in total. The molecule has 252 valence electrons. The molecule has 0 fully saturated rings. The summed E-state index contributed by atoms with van der Waals surface area (Å²) in [6.07, 6.45) is 32.2. The minimum atomic E-state index is -4.49. The van der Waals surface area contributed by atoms with Crippen molar-refractivity contribution >= 4 is 10.4 Å². The van der Waals surface area contributed by atoms with Gasteiger partial charge in [0.05, 0.1) is 12.2 Å². The Balaban J connectivity index is 1.92. The first-order valence-corrected chi connectivity index (χ1v) is 17.5. The van der Waals surface area contributed by atoms with Crippen LogP contribution in [0, 0.1) is 16.7 Å². The van der Waals surface area contributed by atoms with Crippen LogP contribution in [0.1, 0.15) is 88.5 Å². The number of aliphatic hydroxyl groups is 1. The summed E-state index contributed by atoms with van der Waals surface area (Å²) in [5, 5.41) is 10.1. The zero-order chi connectivity index (χ0) is 34.7. The van der Waals surface area contributed by atoms with E-state index in [1.807, 2.05) is 25.2 Å². The highest BCUT2D eigenvalue weighted by molar-refractivity contribution is 7.80. The quantitative estimate of drug-likeness (QED) is 0.125. The first-order valence-electron chi connectivity index (χ1n) is 16.1. The average Bonchev–Trinajstić information content (AvgIpc) is 2.88. The molecule has 3 atom stereocenters. The van der Waals surface area contributed by atoms with Crippen molar-refractivity contribution in [2.75, 3.05) is 0 Å². The summed E-state index contributed by atoms with van der Waals surface area (Å²) in [6.45, 7) is 21.0. The molecule has 0 aromatic carbocycles. The number of hydrogen-bond donors (Lipinski definition) is 2. The van der Waals surface area contributed by atoms with Gasteiger partial charge in [-0.25, -0.2) is 4.18 Å². The van der Waals surface area contributed by atoms with Crippen molar-refractivity contribution in [2.24, 2.45) is 16.7 Å². The molecule has 0 aromatic rings. The fraction of sp³-hybridized carbons (Fsp3) is 0.450. The van der Waals surface area contributed by atoms with Gasteiger partial charge >= 0.3 is 10.4 Å². The van der Waals surface area contributed by atoms with Crippen LogP contribution in [-0.4, -0.2) is 30.3 Å². The van der Waals surface area contributed by atoms with E-state index in [9.17, 15) is 13.5 Å². The van der Waals surface area contributed by atoms with Crippen molar-refractivity contribution in [3.63, 3.8) is 0 Å². The molecular formula is C40H56O5S. The van der Waals surface area contributed by atoms with E-state index in [0.717, 1.165) is 35.1 Å². The van der Waals surface area contributed by atoms with Gasteiger partial charge in [0.2, 0.25) is 0 Å². The lowest BCUT2D eigenvalue weighted by Crippen LogP contribution is -2.34. The summed E-state index contributed by atoms with van der Waals surface area (Å²) in [5.41, 5.74) is 7.96. The normalized spacial score (nSPS) is 25.7. The molecule has 6 heteroatoms. The predicted octanol–water partition coefficient (Wildman–Crippen LogP) is 10.2. The molecule has 0 spiro atoms. The van der Waals surface area contributed by atoms with E-state index < -0.39 is 16.5 Å². The highest BCUT2D eigenvalue weighted by Gasteiger charge is 2.37. The standard InChI is InChI=1S/C40H56O5S/c1-29(17-13-19-31(3)21-23-37-33(5)25-35(41)27-39(37,7)8)15-11-12-16-30(2)18-14-20-32(4)22-24-38-34(6)26-36(28-40(38,9)10)45-46(42,43)44/h11-24,26,35-36,38,41H,25,27-28H2,1-10H3,(H,42,43,44)/b12-11+,17-13+,18-14+,23-21+,24-22+,29-15+,30-16+,31-19+,32-20+/t35-,36+,38+/m1/s1. The number of hydrogen-bond acceptors (Lipinski definition) is 4. The molecule has 0 saturated heterocycles. The summed E-state index contributed by atoms with van der Waals surface area (Å²) in [4.78, 5) is 0. The van der Waals surface area contributed by atoms with E-state index in [-0.39, 0.29) is 22.9 Å². The van der Waals surface area contributed by atoms with E-state index >= 15 is 0 Å². The molecule has 0 aliphatic heterocycles. The van der Waals surface area contributed by atoms with Gasteiger partial charge in [-0.1, -0.05) is 152 Å². The summed E-state index contributed by atoms with van der Waals surface area (Å²) in [7, 11) is -4.49. The van der Waals surface area contributed by atoms with Gasteiger partial charge in [-0.15, -0.1) is 0 Å². The van der Waals surface area contributed by atoms with Crippen molar-refractivity contribution in [2.45, 2.75) is 101 Å². The molecule has 0 bridgehead atoms. The molecule has 0 aromatic heterocycles. The van der Waals surface area contributed by atoms with Gasteiger partial charge in [0, 0.05) is 5.92 Å². The van der Waals surface area contributed by atoms with Gasteiger partial charge in [0.1, 0.15) is 0 Å². The van der Waals surface area contributed by atoms with Gasteiger partial charge in [-0.2, -0.15) is 8.42 Å². The number of aliphatic hydroxyl groups excluding tert-OH is 1. The molecule has 46 heavy (non-hydrogen) atoms. The Hall–Kier alpha value is -3.03. The van der Waals surface area contributed by atoms with Crippen molar-refractivity contribution in [1.82, 2.24) is 0 Å². The van der Waals surface area contributed by atoms with Gasteiger partial charge in [0.15, 0.2) is 0 Å². The van der Waals surface area contributed by atoms with Crippen molar-refractivity contribution in [1.29, 1.82) is 0 Å². The fourth-order valence-electron chi connectivity index (χ4n) is 6.33. The van der Waals surface area contributed by atoms with Crippen molar-refractivity contribution in [3.8, 4) is 0 Å². The zero-order valence-corrected chi connectivity index (χ0v) is 30.4. The van der Waals surface area contributed by atoms with E-state index in [2.05, 4.69) is 129 Å². The van der Waals surface area contributed by atoms with E-state index in [4.69, 9.17) is 8.74 Å². The van der Waals surface area contributed by atoms with Crippen LogP contribution in [0.5, 0.6) is 0 Å². The zero-order valence-electron chi connectivity index (χ0n) is 29.5. The van der Waals surface area contributed by atoms with Crippen LogP contribution in [0.15, 0.2) is 130 Å². The number of rotatable bonds is 12. The molecular weight excluding hydrogens is 593 g/mol. The molecule has 0 saturated carbocycles. The maximum Gasteiger partial charge on any atom is 0.397 e. The van der Waals surface area contributed by atoms with Gasteiger partial charge in [-0.3, -0.25) is 4.55 Å². The van der Waals surface area contributed by atoms with Crippen LogP contribution in [-0.2, 0) is 14.6 Å². The number of allylic oxidation sites excluding steroid dienone is 20. The summed E-state index contributed by atoms with van der Waals surface area (Å²) in [5.74, 6) is 0.133. The molecule has 2 rings (SSSR count). The Labute approximate surface area is 279 Å². The van der Waals surface area contributed by atoms with Crippen LogP contribution in [0.3, 0.4) is 0 Å². The monoisotopic (exact) mass is 648 g/mol. The molecule has 2 aliphatic carbocycles. The molecule has 2 aliphatic rings. The molecule has 0 unspecified atom stereocenters. The molecule has 0 radical (unpaired) electrons. The van der Waals surface area contributed by atoms with E-state index in [0.29, 0.717) is 6.42 Å². The van der Waals surface area contributed by atoms with Crippen LogP contribution in [0.2, 0.25) is 0 Å². The van der Waals surface area contributed by atoms with Gasteiger partial charge in [0.25, 0.3) is 0 Å². The SMILES string of the molecule is CC1=C[C@H](OS(=O)(=O)O)CC(C)(C)[C@H]1/C=C/C(C)=C/C=C/C(C)=C/C=C/C=C(C)/C=C/C=C(C)/C=C/C1=C(C)C[C@@H](O)CC1(C)C. The molecule has 0 amide bonds. The minimum absolute atomic E-state index is 0.0125. The lowest BCUT2D eigenvalue weighted by molar-refractivity contribution is 0.116. The van der Waals surface area contributed by atoms with Crippen molar-refractivity contribution in [3.05, 3.63) is 130 Å². The third kappa shape index (κ3) is 13.8. The van der Waals surface area contributed by atoms with Crippen LogP contribution in [0.4, 0.5) is 0 Å². The second-order valence-corrected chi connectivity index (χ2v) is 15.3. The maximum atomic E-state index is 11.1. The van der Waals surface area contributed by atoms with Crippen LogP contribution < -0.4 is 0 Å². The van der Waals surface area contributed by atoms with E-state index in [1.54, 1.807) is 6.08 Å². The Bertz CT molecular complexity index is 1530. The van der Waals surface area contributed by atoms with Crippen LogP contribution >= 0.6 is 0 Å². The lowest BCUT2D eigenvalue weighted by Gasteiger charge is -2.39. The first kappa shape index (κ1) is 39.1. The van der Waals surface area contributed by atoms with Crippen molar-refractivity contribution < 1.29 is 22.3 Å². The first-order chi connectivity index (χ1) is 21.3. The highest BCUT2D eigenvalue weighted by Crippen LogP contribution is 2.43. The van der Waals surface area contributed by atoms with Gasteiger partial charge in [-0.05, 0) is 77.2 Å². The molecule has 0 heterocycles. The highest BCUT2D eigenvalue weighted by atomic mass is 32.3. The minimum Gasteiger partial charge on any atom is -0.393 e. The van der Waals surface area contributed by atoms with Crippen LogP contribution in [0.25, 0.3) is 0 Å². The third-order valence-corrected chi connectivity index (χ3v) is 9.05. The smallest absolute Gasteiger partial charge is 0.393 e. The second kappa shape index (κ2) is 17.2. The fourth-order valence-corrected chi connectivity index (χ4v) is 6.77. The Kier molecular flexibility index (Phi) is 14.7. The second-order valence-electron chi connectivity index (χ2n) is 14.2. The molecule has 5 nitrogen and oxygen atoms in total. The Morgan fingerprint density at radius 3 is 1.80 bits per heavy atom.